The van der Waals surface area contributed by atoms with Gasteiger partial charge in [0.05, 0.1) is 12.0 Å². The summed E-state index contributed by atoms with van der Waals surface area (Å²) in [7, 11) is 0. The molecule has 15 heavy (non-hydrogen) atoms. The maximum Gasteiger partial charge on any atom is 0.250 e. The summed E-state index contributed by atoms with van der Waals surface area (Å²) in [6.45, 7) is 0. The molecular formula is C11H11N3O. The van der Waals surface area contributed by atoms with Crippen LogP contribution in [0, 0.1) is 0 Å². The van der Waals surface area contributed by atoms with Gasteiger partial charge in [0.1, 0.15) is 0 Å². The molecule has 0 unspecified atom stereocenters. The highest BCUT2D eigenvalue weighted by Crippen LogP contribution is 2.09. The van der Waals surface area contributed by atoms with Crippen molar-refractivity contribution in [2.24, 2.45) is 0 Å². The Labute approximate surface area is 86.8 Å². The van der Waals surface area contributed by atoms with Gasteiger partial charge in [-0.25, -0.2) is 4.98 Å². The Morgan fingerprint density at radius 2 is 2.20 bits per heavy atom. The molecule has 0 saturated carbocycles. The van der Waals surface area contributed by atoms with Crippen LogP contribution in [0.4, 0.5) is 5.69 Å². The Balaban J connectivity index is 2.26. The van der Waals surface area contributed by atoms with Gasteiger partial charge >= 0.3 is 0 Å². The number of hydrogen-bond acceptors (Lipinski definition) is 3. The summed E-state index contributed by atoms with van der Waals surface area (Å²) in [4.78, 5) is 17.6. The molecule has 1 aromatic carbocycles. The molecule has 0 bridgehead atoms. The van der Waals surface area contributed by atoms with Gasteiger partial charge in [-0.1, -0.05) is 12.1 Å². The van der Waals surface area contributed by atoms with Crippen molar-refractivity contribution in [3.05, 3.63) is 58.3 Å². The highest BCUT2D eigenvalue weighted by molar-refractivity contribution is 5.41. The fourth-order valence-corrected chi connectivity index (χ4v) is 1.42. The molecule has 0 saturated heterocycles. The van der Waals surface area contributed by atoms with E-state index in [-0.39, 0.29) is 5.56 Å². The minimum atomic E-state index is -0.135. The topological polar surface area (TPSA) is 71.8 Å². The summed E-state index contributed by atoms with van der Waals surface area (Å²) in [5, 5.41) is 0. The highest BCUT2D eigenvalue weighted by atomic mass is 16.1. The Morgan fingerprint density at radius 3 is 2.93 bits per heavy atom. The number of nitrogens with zero attached hydrogens (tertiary/aromatic N) is 1. The van der Waals surface area contributed by atoms with Crippen molar-refractivity contribution in [1.29, 1.82) is 0 Å². The summed E-state index contributed by atoms with van der Waals surface area (Å²) in [6, 6.07) is 9.04. The third-order valence-corrected chi connectivity index (χ3v) is 2.07. The molecule has 2 aromatic rings. The Bertz CT molecular complexity index is 519. The van der Waals surface area contributed by atoms with E-state index in [1.54, 1.807) is 0 Å². The first-order valence-corrected chi connectivity index (χ1v) is 4.62. The molecule has 4 nitrogen and oxygen atoms in total. The van der Waals surface area contributed by atoms with Gasteiger partial charge in [-0.15, -0.1) is 0 Å². The van der Waals surface area contributed by atoms with E-state index < -0.39 is 0 Å². The van der Waals surface area contributed by atoms with Gasteiger partial charge < -0.3 is 10.7 Å². The molecule has 0 aliphatic rings. The summed E-state index contributed by atoms with van der Waals surface area (Å²) in [5.74, 6) is 0. The molecule has 3 N–H and O–H groups in total. The number of nitrogens with one attached hydrogen (secondary N) is 1. The molecule has 0 aliphatic carbocycles. The van der Waals surface area contributed by atoms with Crippen LogP contribution in [0.5, 0.6) is 0 Å². The highest BCUT2D eigenvalue weighted by Gasteiger charge is 1.98. The maximum atomic E-state index is 11.0. The maximum absolute atomic E-state index is 11.0. The second-order valence-corrected chi connectivity index (χ2v) is 3.32. The molecule has 4 heteroatoms. The standard InChI is InChI=1S/C11H11N3O/c12-9-3-1-2-8(4-9)5-10-6-11(15)14-7-13-10/h1-4,6-7H,5,12H2,(H,13,14,15). The van der Waals surface area contributed by atoms with E-state index in [1.165, 1.54) is 12.4 Å². The largest absolute Gasteiger partial charge is 0.399 e. The lowest BCUT2D eigenvalue weighted by molar-refractivity contribution is 1.00. The number of aromatic nitrogens is 2. The van der Waals surface area contributed by atoms with Crippen molar-refractivity contribution in [3.8, 4) is 0 Å². The van der Waals surface area contributed by atoms with E-state index in [0.717, 1.165) is 16.9 Å². The number of aromatic amines is 1. The van der Waals surface area contributed by atoms with E-state index in [9.17, 15) is 4.79 Å². The number of hydrogen-bond donors (Lipinski definition) is 2. The summed E-state index contributed by atoms with van der Waals surface area (Å²) < 4.78 is 0. The number of rotatable bonds is 2. The molecular weight excluding hydrogens is 190 g/mol. The van der Waals surface area contributed by atoms with Gasteiger partial charge in [0, 0.05) is 18.2 Å². The second-order valence-electron chi connectivity index (χ2n) is 3.32. The van der Waals surface area contributed by atoms with Crippen molar-refractivity contribution in [3.63, 3.8) is 0 Å². The summed E-state index contributed by atoms with van der Waals surface area (Å²) in [5.41, 5.74) is 8.03. The molecule has 0 aliphatic heterocycles. The van der Waals surface area contributed by atoms with E-state index in [0.29, 0.717) is 6.42 Å². The van der Waals surface area contributed by atoms with Gasteiger partial charge in [0.15, 0.2) is 0 Å². The smallest absolute Gasteiger partial charge is 0.250 e. The minimum absolute atomic E-state index is 0.135. The van der Waals surface area contributed by atoms with E-state index in [4.69, 9.17) is 5.73 Å². The lowest BCUT2D eigenvalue weighted by Crippen LogP contribution is -2.07. The predicted molar refractivity (Wildman–Crippen MR) is 58.5 cm³/mol. The van der Waals surface area contributed by atoms with Crippen LogP contribution < -0.4 is 11.3 Å². The van der Waals surface area contributed by atoms with Crippen LogP contribution in [0.3, 0.4) is 0 Å². The fourth-order valence-electron chi connectivity index (χ4n) is 1.42. The number of H-pyrrole nitrogens is 1. The molecule has 0 atom stereocenters. The number of nitrogen functional groups attached to an aromatic ring is 1. The normalized spacial score (nSPS) is 10.1. The van der Waals surface area contributed by atoms with Crippen LogP contribution in [0.15, 0.2) is 41.5 Å². The van der Waals surface area contributed by atoms with Crippen molar-refractivity contribution in [2.75, 3.05) is 5.73 Å². The zero-order chi connectivity index (χ0) is 10.7. The van der Waals surface area contributed by atoms with Crippen LogP contribution in [0.1, 0.15) is 11.3 Å². The number of anilines is 1. The number of benzene rings is 1. The van der Waals surface area contributed by atoms with Crippen LogP contribution in [-0.4, -0.2) is 9.97 Å². The lowest BCUT2D eigenvalue weighted by atomic mass is 10.1. The predicted octanol–water partition coefficient (Wildman–Crippen LogP) is 0.943. The zero-order valence-electron chi connectivity index (χ0n) is 8.10. The average Bonchev–Trinajstić information content (AvgIpc) is 2.17. The Morgan fingerprint density at radius 1 is 1.33 bits per heavy atom. The van der Waals surface area contributed by atoms with Crippen LogP contribution >= 0.6 is 0 Å². The molecule has 0 spiro atoms. The summed E-state index contributed by atoms with van der Waals surface area (Å²) >= 11 is 0. The molecule has 0 radical (unpaired) electrons. The first-order valence-electron chi connectivity index (χ1n) is 4.62. The van der Waals surface area contributed by atoms with E-state index in [2.05, 4.69) is 9.97 Å². The van der Waals surface area contributed by atoms with Gasteiger partial charge in [0.2, 0.25) is 0 Å². The van der Waals surface area contributed by atoms with Crippen LogP contribution in [-0.2, 0) is 6.42 Å². The Hall–Kier alpha value is -2.10. The first kappa shape index (κ1) is 9.45. The molecule has 0 amide bonds. The van der Waals surface area contributed by atoms with E-state index >= 15 is 0 Å². The molecule has 2 rings (SSSR count). The van der Waals surface area contributed by atoms with Gasteiger partial charge in [-0.3, -0.25) is 4.79 Å². The average molecular weight is 201 g/mol. The molecule has 76 valence electrons. The second kappa shape index (κ2) is 3.96. The van der Waals surface area contributed by atoms with Crippen molar-refractivity contribution in [1.82, 2.24) is 9.97 Å². The SMILES string of the molecule is Nc1cccc(Cc2cc(=O)[nH]cn2)c1. The fraction of sp³-hybridized carbons (Fsp3) is 0.0909. The van der Waals surface area contributed by atoms with Crippen LogP contribution in [0.25, 0.3) is 0 Å². The monoisotopic (exact) mass is 201 g/mol. The zero-order valence-corrected chi connectivity index (χ0v) is 8.10. The Kier molecular flexibility index (Phi) is 2.49. The number of nitrogens with two attached hydrogens (primary N) is 1. The quantitative estimate of drug-likeness (QED) is 0.710. The third-order valence-electron chi connectivity index (χ3n) is 2.07. The van der Waals surface area contributed by atoms with Gasteiger partial charge in [0.25, 0.3) is 5.56 Å². The lowest BCUT2D eigenvalue weighted by Gasteiger charge is -2.01. The van der Waals surface area contributed by atoms with E-state index in [1.807, 2.05) is 24.3 Å². The van der Waals surface area contributed by atoms with Crippen LogP contribution in [0.2, 0.25) is 0 Å². The van der Waals surface area contributed by atoms with Crippen molar-refractivity contribution in [2.45, 2.75) is 6.42 Å². The molecule has 0 fully saturated rings. The van der Waals surface area contributed by atoms with Gasteiger partial charge in [-0.2, -0.15) is 0 Å². The van der Waals surface area contributed by atoms with Crippen molar-refractivity contribution < 1.29 is 0 Å². The van der Waals surface area contributed by atoms with Crippen molar-refractivity contribution >= 4 is 5.69 Å². The minimum Gasteiger partial charge on any atom is -0.399 e. The summed E-state index contributed by atoms with van der Waals surface area (Å²) in [6.07, 6.45) is 2.03. The molecule has 1 aromatic heterocycles. The van der Waals surface area contributed by atoms with Gasteiger partial charge in [-0.05, 0) is 17.7 Å². The first-order chi connectivity index (χ1) is 7.24. The third kappa shape index (κ3) is 2.43. The molecule has 1 heterocycles.